The van der Waals surface area contributed by atoms with Crippen LogP contribution in [0, 0.1) is 30.1 Å². The van der Waals surface area contributed by atoms with Crippen molar-refractivity contribution in [2.24, 2.45) is 5.41 Å². The molecule has 0 bridgehead atoms. The summed E-state index contributed by atoms with van der Waals surface area (Å²) in [7, 11) is 0. The van der Waals surface area contributed by atoms with Crippen LogP contribution in [0.2, 0.25) is 0 Å². The Morgan fingerprint density at radius 3 is 1.86 bits per heavy atom. The number of aliphatic hydroxyl groups excluding tert-OH is 2. The minimum atomic E-state index is -0.665. The predicted octanol–water partition coefficient (Wildman–Crippen LogP) is 0.925. The van der Waals surface area contributed by atoms with Crippen LogP contribution >= 0.6 is 0 Å². The highest BCUT2D eigenvalue weighted by molar-refractivity contribution is 5.09. The van der Waals surface area contributed by atoms with Crippen LogP contribution in [0.5, 0.6) is 0 Å². The minimum absolute atomic E-state index is 0.347. The topological polar surface area (TPSA) is 40.5 Å². The summed E-state index contributed by atoms with van der Waals surface area (Å²) in [5.41, 5.74) is -0.665. The number of rotatable bonds is 2. The molecule has 0 aliphatic heterocycles. The summed E-state index contributed by atoms with van der Waals surface area (Å²) >= 11 is 0. The highest BCUT2D eigenvalue weighted by atomic mass is 16.3. The Hall–Kier alpha value is -0.960. The van der Waals surface area contributed by atoms with Gasteiger partial charge < -0.3 is 10.2 Å². The molecule has 14 heavy (non-hydrogen) atoms. The summed E-state index contributed by atoms with van der Waals surface area (Å²) in [5.74, 6) is 5.02. The van der Waals surface area contributed by atoms with Gasteiger partial charge in [0.25, 0.3) is 0 Å². The fourth-order valence-electron chi connectivity index (χ4n) is 2.22. The van der Waals surface area contributed by atoms with Crippen LogP contribution in [-0.2, 0) is 0 Å². The standard InChI is InChI=1S/C12H16O2/c1-3-8-12(9-4-2)10(13)6-5-7-11(12)14/h1-2,10-11,13-14H,5-9H2/t10-,11+. The summed E-state index contributed by atoms with van der Waals surface area (Å²) in [5, 5.41) is 19.8. The van der Waals surface area contributed by atoms with E-state index in [-0.39, 0.29) is 0 Å². The van der Waals surface area contributed by atoms with Gasteiger partial charge >= 0.3 is 0 Å². The number of hydrogen-bond acceptors (Lipinski definition) is 2. The normalized spacial score (nSPS) is 30.3. The van der Waals surface area contributed by atoms with Crippen molar-refractivity contribution in [1.29, 1.82) is 0 Å². The molecule has 0 aromatic rings. The zero-order valence-electron chi connectivity index (χ0n) is 8.24. The molecule has 2 heteroatoms. The number of aliphatic hydroxyl groups is 2. The van der Waals surface area contributed by atoms with E-state index in [0.29, 0.717) is 25.7 Å². The number of terminal acetylenes is 2. The Morgan fingerprint density at radius 1 is 1.07 bits per heavy atom. The molecule has 0 spiro atoms. The van der Waals surface area contributed by atoms with Gasteiger partial charge in [-0.15, -0.1) is 24.7 Å². The maximum absolute atomic E-state index is 9.90. The molecule has 1 saturated carbocycles. The first-order chi connectivity index (χ1) is 6.67. The van der Waals surface area contributed by atoms with Crippen molar-refractivity contribution in [1.82, 2.24) is 0 Å². The van der Waals surface area contributed by atoms with E-state index in [1.54, 1.807) is 0 Å². The van der Waals surface area contributed by atoms with Gasteiger partial charge in [-0.25, -0.2) is 0 Å². The van der Waals surface area contributed by atoms with Crippen LogP contribution in [0.3, 0.4) is 0 Å². The maximum atomic E-state index is 9.90. The van der Waals surface area contributed by atoms with Crippen LogP contribution in [0.1, 0.15) is 32.1 Å². The van der Waals surface area contributed by atoms with E-state index in [9.17, 15) is 10.2 Å². The third-order valence-corrected chi connectivity index (χ3v) is 3.14. The molecule has 0 amide bonds. The van der Waals surface area contributed by atoms with E-state index in [4.69, 9.17) is 12.8 Å². The first-order valence-electron chi connectivity index (χ1n) is 4.90. The van der Waals surface area contributed by atoms with Gasteiger partial charge in [-0.3, -0.25) is 0 Å². The Morgan fingerprint density at radius 2 is 1.50 bits per heavy atom. The number of hydrogen-bond donors (Lipinski definition) is 2. The predicted molar refractivity (Wildman–Crippen MR) is 55.2 cm³/mol. The molecule has 0 heterocycles. The molecule has 1 aliphatic rings. The Balaban J connectivity index is 2.91. The summed E-state index contributed by atoms with van der Waals surface area (Å²) in [6.45, 7) is 0. The smallest absolute Gasteiger partial charge is 0.0639 e. The van der Waals surface area contributed by atoms with Crippen LogP contribution in [0.25, 0.3) is 0 Å². The van der Waals surface area contributed by atoms with Crippen molar-refractivity contribution < 1.29 is 10.2 Å². The molecule has 0 unspecified atom stereocenters. The van der Waals surface area contributed by atoms with E-state index in [1.807, 2.05) is 0 Å². The Kier molecular flexibility index (Phi) is 3.58. The zero-order valence-corrected chi connectivity index (χ0v) is 8.24. The molecule has 76 valence electrons. The second kappa shape index (κ2) is 4.51. The molecule has 1 rings (SSSR count). The van der Waals surface area contributed by atoms with E-state index in [0.717, 1.165) is 6.42 Å². The van der Waals surface area contributed by atoms with Crippen LogP contribution < -0.4 is 0 Å². The molecule has 0 saturated heterocycles. The average Bonchev–Trinajstić information content (AvgIpc) is 2.15. The van der Waals surface area contributed by atoms with Gasteiger partial charge in [-0.2, -0.15) is 0 Å². The van der Waals surface area contributed by atoms with Gasteiger partial charge in [0.2, 0.25) is 0 Å². The third kappa shape index (κ3) is 1.77. The molecule has 1 aliphatic carbocycles. The molecular weight excluding hydrogens is 176 g/mol. The maximum Gasteiger partial charge on any atom is 0.0639 e. The summed E-state index contributed by atoms with van der Waals surface area (Å²) in [4.78, 5) is 0. The van der Waals surface area contributed by atoms with Crippen molar-refractivity contribution >= 4 is 0 Å². The summed E-state index contributed by atoms with van der Waals surface area (Å²) in [6, 6.07) is 0. The lowest BCUT2D eigenvalue weighted by molar-refractivity contribution is -0.0949. The van der Waals surface area contributed by atoms with Gasteiger partial charge in [0.05, 0.1) is 12.2 Å². The lowest BCUT2D eigenvalue weighted by atomic mass is 9.66. The fourth-order valence-corrected chi connectivity index (χ4v) is 2.22. The second-order valence-corrected chi connectivity index (χ2v) is 3.96. The van der Waals surface area contributed by atoms with Gasteiger partial charge in [-0.1, -0.05) is 0 Å². The monoisotopic (exact) mass is 192 g/mol. The third-order valence-electron chi connectivity index (χ3n) is 3.14. The summed E-state index contributed by atoms with van der Waals surface area (Å²) in [6.07, 6.45) is 12.3. The van der Waals surface area contributed by atoms with E-state index >= 15 is 0 Å². The molecule has 2 N–H and O–H groups in total. The highest BCUT2D eigenvalue weighted by Crippen LogP contribution is 2.42. The van der Waals surface area contributed by atoms with Crippen molar-refractivity contribution in [3.8, 4) is 24.7 Å². The molecule has 2 nitrogen and oxygen atoms in total. The van der Waals surface area contributed by atoms with Gasteiger partial charge in [0.15, 0.2) is 0 Å². The summed E-state index contributed by atoms with van der Waals surface area (Å²) < 4.78 is 0. The minimum Gasteiger partial charge on any atom is -0.392 e. The fraction of sp³-hybridized carbons (Fsp3) is 0.667. The zero-order chi connectivity index (χ0) is 10.6. The Labute approximate surface area is 85.3 Å². The first kappa shape index (κ1) is 11.1. The molecule has 0 aromatic heterocycles. The van der Waals surface area contributed by atoms with Gasteiger partial charge in [-0.05, 0) is 19.3 Å². The molecule has 1 fully saturated rings. The molecular formula is C12H16O2. The van der Waals surface area contributed by atoms with Crippen molar-refractivity contribution in [3.05, 3.63) is 0 Å². The SMILES string of the molecule is C#CCC1(CC#C)[C@H](O)CCC[C@@H]1O. The van der Waals surface area contributed by atoms with Crippen LogP contribution in [-0.4, -0.2) is 22.4 Å². The van der Waals surface area contributed by atoms with Crippen LogP contribution in [0.15, 0.2) is 0 Å². The lowest BCUT2D eigenvalue weighted by Crippen LogP contribution is -2.48. The van der Waals surface area contributed by atoms with E-state index < -0.39 is 17.6 Å². The van der Waals surface area contributed by atoms with E-state index in [1.165, 1.54) is 0 Å². The van der Waals surface area contributed by atoms with Crippen molar-refractivity contribution in [2.75, 3.05) is 0 Å². The second-order valence-electron chi connectivity index (χ2n) is 3.96. The largest absolute Gasteiger partial charge is 0.392 e. The van der Waals surface area contributed by atoms with Crippen LogP contribution in [0.4, 0.5) is 0 Å². The average molecular weight is 192 g/mol. The quantitative estimate of drug-likeness (QED) is 0.639. The highest BCUT2D eigenvalue weighted by Gasteiger charge is 2.45. The van der Waals surface area contributed by atoms with Crippen molar-refractivity contribution in [2.45, 2.75) is 44.3 Å². The molecule has 2 atom stereocenters. The molecule has 0 radical (unpaired) electrons. The Bertz CT molecular complexity index is 241. The van der Waals surface area contributed by atoms with Gasteiger partial charge in [0.1, 0.15) is 0 Å². The van der Waals surface area contributed by atoms with E-state index in [2.05, 4.69) is 11.8 Å². The van der Waals surface area contributed by atoms with Crippen molar-refractivity contribution in [3.63, 3.8) is 0 Å². The van der Waals surface area contributed by atoms with Gasteiger partial charge in [0, 0.05) is 18.3 Å². The molecule has 0 aromatic carbocycles. The lowest BCUT2D eigenvalue weighted by Gasteiger charge is -2.43. The first-order valence-corrected chi connectivity index (χ1v) is 4.90.